The number of amides is 1. The van der Waals surface area contributed by atoms with Gasteiger partial charge in [0.25, 0.3) is 0 Å². The van der Waals surface area contributed by atoms with E-state index in [-0.39, 0.29) is 12.0 Å². The van der Waals surface area contributed by atoms with E-state index in [4.69, 9.17) is 14.2 Å². The molecule has 3 aromatic carbocycles. The second-order valence-electron chi connectivity index (χ2n) is 10.7. The molecule has 1 aliphatic rings. The first-order valence-corrected chi connectivity index (χ1v) is 16.3. The third-order valence-corrected chi connectivity index (χ3v) is 8.82. The van der Waals surface area contributed by atoms with Crippen molar-refractivity contribution in [3.63, 3.8) is 0 Å². The SMILES string of the molecule is CCCc1ccncc1C[S@@+]([O-])c1ccc(NC(=O)/C=C/c2cc(-c3ccc(OC4CCCOC4)cc3)ccc2OC)cc1. The number of nitrogens with one attached hydrogen (secondary N) is 1. The lowest BCUT2D eigenvalue weighted by molar-refractivity contribution is -0.111. The van der Waals surface area contributed by atoms with E-state index >= 15 is 0 Å². The van der Waals surface area contributed by atoms with E-state index in [1.165, 1.54) is 11.6 Å². The lowest BCUT2D eigenvalue weighted by Crippen LogP contribution is -2.27. The van der Waals surface area contributed by atoms with Gasteiger partial charge in [-0.05, 0) is 108 Å². The third-order valence-electron chi connectivity index (χ3n) is 7.45. The average Bonchev–Trinajstić information content (AvgIpc) is 3.06. The molecular weight excluding hydrogens is 572 g/mol. The largest absolute Gasteiger partial charge is 0.611 e. The summed E-state index contributed by atoms with van der Waals surface area (Å²) in [4.78, 5) is 17.7. The summed E-state index contributed by atoms with van der Waals surface area (Å²) in [5.74, 6) is 1.62. The molecule has 1 fully saturated rings. The van der Waals surface area contributed by atoms with Crippen molar-refractivity contribution in [1.29, 1.82) is 0 Å². The molecule has 0 radical (unpaired) electrons. The maximum Gasteiger partial charge on any atom is 0.248 e. The topological polar surface area (TPSA) is 92.7 Å². The number of rotatable bonds is 12. The van der Waals surface area contributed by atoms with Crippen LogP contribution in [0.4, 0.5) is 5.69 Å². The fourth-order valence-corrected chi connectivity index (χ4v) is 6.28. The number of hydrogen-bond donors (Lipinski definition) is 1. The number of pyridine rings is 1. The third kappa shape index (κ3) is 8.50. The molecule has 2 atom stereocenters. The molecule has 1 saturated heterocycles. The van der Waals surface area contributed by atoms with E-state index in [2.05, 4.69) is 17.2 Å². The highest BCUT2D eigenvalue weighted by Gasteiger charge is 2.16. The van der Waals surface area contributed by atoms with Crippen LogP contribution in [-0.4, -0.2) is 41.9 Å². The Balaban J connectivity index is 1.20. The van der Waals surface area contributed by atoms with Gasteiger partial charge in [-0.2, -0.15) is 0 Å². The normalized spacial score (nSPS) is 15.6. The zero-order chi connectivity index (χ0) is 30.7. The van der Waals surface area contributed by atoms with E-state index < -0.39 is 11.2 Å². The van der Waals surface area contributed by atoms with Crippen LogP contribution in [0, 0.1) is 0 Å². The van der Waals surface area contributed by atoms with E-state index in [1.54, 1.807) is 49.8 Å². The standard InChI is InChI=1S/C36H38N2O5S/c1-3-5-26-19-20-37-23-30(26)25-44(40)34-15-11-31(12-16-34)38-36(39)18-10-29-22-28(9-17-35(29)41-2)27-7-13-32(14-8-27)43-33-6-4-21-42-24-33/h7-20,22-23,33H,3-6,21,24-25H2,1-2H3,(H,38,39)/b18-10+/t33?,44-/m1/s1. The van der Waals surface area contributed by atoms with Gasteiger partial charge in [0, 0.05) is 41.9 Å². The molecule has 1 amide bonds. The molecule has 0 spiro atoms. The minimum absolute atomic E-state index is 0.0941. The summed E-state index contributed by atoms with van der Waals surface area (Å²) in [6, 6.07) is 23.0. The molecule has 1 aromatic heterocycles. The van der Waals surface area contributed by atoms with E-state index in [9.17, 15) is 9.35 Å². The summed E-state index contributed by atoms with van der Waals surface area (Å²) in [6.45, 7) is 3.56. The minimum Gasteiger partial charge on any atom is -0.611 e. The van der Waals surface area contributed by atoms with E-state index in [0.717, 1.165) is 60.3 Å². The molecule has 1 aliphatic heterocycles. The first-order chi connectivity index (χ1) is 21.5. The van der Waals surface area contributed by atoms with Crippen molar-refractivity contribution in [3.05, 3.63) is 108 Å². The molecule has 2 heterocycles. The molecule has 0 bridgehead atoms. The highest BCUT2D eigenvalue weighted by Crippen LogP contribution is 2.30. The van der Waals surface area contributed by atoms with Crippen LogP contribution in [-0.2, 0) is 32.9 Å². The van der Waals surface area contributed by atoms with Gasteiger partial charge in [-0.25, -0.2) is 0 Å². The number of methoxy groups -OCH3 is 1. The average molecular weight is 611 g/mol. The molecular formula is C36H38N2O5S. The summed E-state index contributed by atoms with van der Waals surface area (Å²) in [6.07, 6.45) is 10.9. The molecule has 0 aliphatic carbocycles. The van der Waals surface area contributed by atoms with Crippen LogP contribution in [0.5, 0.6) is 11.5 Å². The Morgan fingerprint density at radius 3 is 2.59 bits per heavy atom. The maximum absolute atomic E-state index is 13.0. The predicted octanol–water partition coefficient (Wildman–Crippen LogP) is 7.23. The predicted molar refractivity (Wildman–Crippen MR) is 175 cm³/mol. The van der Waals surface area contributed by atoms with Crippen molar-refractivity contribution in [3.8, 4) is 22.6 Å². The number of carbonyl (C=O) groups is 1. The summed E-state index contributed by atoms with van der Waals surface area (Å²) in [5, 5.41) is 2.88. The molecule has 0 saturated carbocycles. The van der Waals surface area contributed by atoms with Gasteiger partial charge in [0.05, 0.1) is 13.7 Å². The lowest BCUT2D eigenvalue weighted by Gasteiger charge is -2.23. The van der Waals surface area contributed by atoms with Crippen molar-refractivity contribution in [1.82, 2.24) is 4.98 Å². The molecule has 8 heteroatoms. The number of ether oxygens (including phenoxy) is 3. The zero-order valence-electron chi connectivity index (χ0n) is 25.2. The van der Waals surface area contributed by atoms with Crippen LogP contribution in [0.15, 0.2) is 96.2 Å². The monoisotopic (exact) mass is 610 g/mol. The Labute approximate surface area is 262 Å². The van der Waals surface area contributed by atoms with Gasteiger partial charge in [-0.1, -0.05) is 31.5 Å². The Morgan fingerprint density at radius 2 is 1.86 bits per heavy atom. The molecule has 7 nitrogen and oxygen atoms in total. The summed E-state index contributed by atoms with van der Waals surface area (Å²) in [5.41, 5.74) is 5.62. The fourth-order valence-electron chi connectivity index (χ4n) is 5.13. The summed E-state index contributed by atoms with van der Waals surface area (Å²) < 4.78 is 30.1. The van der Waals surface area contributed by atoms with Crippen LogP contribution in [0.1, 0.15) is 42.9 Å². The van der Waals surface area contributed by atoms with E-state index in [1.807, 2.05) is 48.5 Å². The van der Waals surface area contributed by atoms with Gasteiger partial charge in [0.15, 0.2) is 4.90 Å². The van der Waals surface area contributed by atoms with Gasteiger partial charge < -0.3 is 24.1 Å². The second kappa shape index (κ2) is 15.6. The second-order valence-corrected chi connectivity index (χ2v) is 12.1. The fraction of sp³-hybridized carbons (Fsp3) is 0.278. The summed E-state index contributed by atoms with van der Waals surface area (Å²) >= 11 is -1.22. The number of nitrogens with zero attached hydrogens (tertiary/aromatic N) is 1. The smallest absolute Gasteiger partial charge is 0.248 e. The summed E-state index contributed by atoms with van der Waals surface area (Å²) in [7, 11) is 1.61. The van der Waals surface area contributed by atoms with Gasteiger partial charge in [-0.3, -0.25) is 9.78 Å². The zero-order valence-corrected chi connectivity index (χ0v) is 26.0. The maximum atomic E-state index is 13.0. The molecule has 228 valence electrons. The van der Waals surface area contributed by atoms with E-state index in [0.29, 0.717) is 28.7 Å². The van der Waals surface area contributed by atoms with Gasteiger partial charge in [0.1, 0.15) is 23.4 Å². The van der Waals surface area contributed by atoms with Crippen molar-refractivity contribution in [2.75, 3.05) is 25.6 Å². The first kappa shape index (κ1) is 31.3. The molecule has 44 heavy (non-hydrogen) atoms. The molecule has 1 unspecified atom stereocenters. The van der Waals surface area contributed by atoms with Crippen LogP contribution in [0.3, 0.4) is 0 Å². The first-order valence-electron chi connectivity index (χ1n) is 14.9. The van der Waals surface area contributed by atoms with Gasteiger partial charge >= 0.3 is 0 Å². The van der Waals surface area contributed by atoms with Crippen molar-refractivity contribution < 1.29 is 23.6 Å². The number of carbonyl (C=O) groups excluding carboxylic acids is 1. The Kier molecular flexibility index (Phi) is 11.1. The van der Waals surface area contributed by atoms with Crippen LogP contribution < -0.4 is 14.8 Å². The number of aromatic nitrogens is 1. The van der Waals surface area contributed by atoms with Crippen molar-refractivity contribution in [2.45, 2.75) is 49.4 Å². The van der Waals surface area contributed by atoms with Crippen LogP contribution in [0.2, 0.25) is 0 Å². The minimum atomic E-state index is -1.22. The number of hydrogen-bond acceptors (Lipinski definition) is 6. The van der Waals surface area contributed by atoms with Gasteiger partial charge in [0.2, 0.25) is 5.91 Å². The lowest BCUT2D eigenvalue weighted by atomic mass is 10.0. The molecule has 4 aromatic rings. The van der Waals surface area contributed by atoms with Gasteiger partial charge in [-0.15, -0.1) is 0 Å². The Bertz CT molecular complexity index is 1550. The van der Waals surface area contributed by atoms with Crippen LogP contribution in [0.25, 0.3) is 17.2 Å². The number of aryl methyl sites for hydroxylation is 1. The highest BCUT2D eigenvalue weighted by atomic mass is 32.2. The number of benzene rings is 3. The van der Waals surface area contributed by atoms with Crippen molar-refractivity contribution in [2.24, 2.45) is 0 Å². The number of anilines is 1. The highest BCUT2D eigenvalue weighted by molar-refractivity contribution is 7.90. The quantitative estimate of drug-likeness (QED) is 0.134. The molecule has 5 rings (SSSR count). The molecule has 1 N–H and O–H groups in total. The Hall–Kier alpha value is -4.11. The van der Waals surface area contributed by atoms with Crippen LogP contribution >= 0.6 is 0 Å². The van der Waals surface area contributed by atoms with Crippen molar-refractivity contribution >= 4 is 28.8 Å². The Morgan fingerprint density at radius 1 is 1.07 bits per heavy atom.